The second-order valence-corrected chi connectivity index (χ2v) is 6.10. The van der Waals surface area contributed by atoms with Crippen LogP contribution in [0.15, 0.2) is 52.1 Å². The van der Waals surface area contributed by atoms with Crippen molar-refractivity contribution in [2.24, 2.45) is 4.99 Å². The zero-order chi connectivity index (χ0) is 17.5. The van der Waals surface area contributed by atoms with Gasteiger partial charge in [-0.15, -0.1) is 24.0 Å². The van der Waals surface area contributed by atoms with Gasteiger partial charge >= 0.3 is 0 Å². The molecule has 2 unspecified atom stereocenters. The molecular formula is C19H25FIN3O2. The van der Waals surface area contributed by atoms with Gasteiger partial charge in [0.25, 0.3) is 0 Å². The van der Waals surface area contributed by atoms with E-state index in [-0.39, 0.29) is 41.8 Å². The van der Waals surface area contributed by atoms with E-state index in [1.54, 1.807) is 19.4 Å². The number of furan rings is 1. The Morgan fingerprint density at radius 2 is 2.15 bits per heavy atom. The number of nitrogens with zero attached hydrogens (tertiary/aromatic N) is 1. The minimum absolute atomic E-state index is 0. The lowest BCUT2D eigenvalue weighted by Crippen LogP contribution is -2.39. The predicted molar refractivity (Wildman–Crippen MR) is 110 cm³/mol. The molecule has 0 saturated heterocycles. The maximum absolute atomic E-state index is 13.8. The lowest BCUT2D eigenvalue weighted by molar-refractivity contribution is 0.105. The van der Waals surface area contributed by atoms with Crippen molar-refractivity contribution >= 4 is 29.9 Å². The standard InChI is InChI=1S/C19H24FN3O2.HI/c1-21-19(22-9-5-10-24-13-14-6-4-11-25-14)23-18-12-16(18)15-7-2-3-8-17(15)20;/h2-4,6-8,11,16,18H,5,9-10,12-13H2,1H3,(H2,21,22,23);1H. The van der Waals surface area contributed by atoms with Crippen LogP contribution in [0.4, 0.5) is 4.39 Å². The molecule has 142 valence electrons. The molecule has 2 atom stereocenters. The highest BCUT2D eigenvalue weighted by atomic mass is 127. The second kappa shape index (κ2) is 10.5. The van der Waals surface area contributed by atoms with Gasteiger partial charge < -0.3 is 19.8 Å². The van der Waals surface area contributed by atoms with Gasteiger partial charge in [-0.1, -0.05) is 18.2 Å². The number of benzene rings is 1. The minimum Gasteiger partial charge on any atom is -0.467 e. The Bertz CT molecular complexity index is 694. The minimum atomic E-state index is -0.131. The van der Waals surface area contributed by atoms with Crippen LogP contribution < -0.4 is 10.6 Å². The van der Waals surface area contributed by atoms with Crippen molar-refractivity contribution in [1.29, 1.82) is 0 Å². The van der Waals surface area contributed by atoms with E-state index in [9.17, 15) is 4.39 Å². The van der Waals surface area contributed by atoms with Gasteiger partial charge in [-0.3, -0.25) is 4.99 Å². The number of rotatable bonds is 8. The third-order valence-electron chi connectivity index (χ3n) is 4.22. The molecule has 1 saturated carbocycles. The molecule has 5 nitrogen and oxygen atoms in total. The van der Waals surface area contributed by atoms with Crippen molar-refractivity contribution in [2.45, 2.75) is 31.4 Å². The number of ether oxygens (including phenoxy) is 1. The van der Waals surface area contributed by atoms with Crippen LogP contribution in [0.1, 0.15) is 30.1 Å². The van der Waals surface area contributed by atoms with Crippen LogP contribution in [0.3, 0.4) is 0 Å². The maximum atomic E-state index is 13.8. The molecule has 1 aromatic heterocycles. The maximum Gasteiger partial charge on any atom is 0.191 e. The molecule has 0 spiro atoms. The third kappa shape index (κ3) is 5.98. The number of halogens is 2. The second-order valence-electron chi connectivity index (χ2n) is 6.10. The van der Waals surface area contributed by atoms with Crippen LogP contribution in [0.2, 0.25) is 0 Å². The van der Waals surface area contributed by atoms with E-state index in [0.717, 1.165) is 36.7 Å². The first-order valence-electron chi connectivity index (χ1n) is 8.59. The van der Waals surface area contributed by atoms with E-state index < -0.39 is 0 Å². The van der Waals surface area contributed by atoms with Gasteiger partial charge in [0.2, 0.25) is 0 Å². The van der Waals surface area contributed by atoms with E-state index in [2.05, 4.69) is 15.6 Å². The number of nitrogens with one attached hydrogen (secondary N) is 2. The fourth-order valence-corrected chi connectivity index (χ4v) is 2.79. The normalized spacial score (nSPS) is 18.9. The summed E-state index contributed by atoms with van der Waals surface area (Å²) < 4.78 is 24.5. The molecular weight excluding hydrogens is 448 g/mol. The Morgan fingerprint density at radius 3 is 2.88 bits per heavy atom. The highest BCUT2D eigenvalue weighted by Gasteiger charge is 2.40. The Balaban J connectivity index is 0.00000243. The van der Waals surface area contributed by atoms with Gasteiger partial charge in [-0.2, -0.15) is 0 Å². The van der Waals surface area contributed by atoms with E-state index in [1.807, 2.05) is 24.3 Å². The van der Waals surface area contributed by atoms with E-state index in [1.165, 1.54) is 6.07 Å². The van der Waals surface area contributed by atoms with Crippen LogP contribution in [0.25, 0.3) is 0 Å². The molecule has 1 fully saturated rings. The first kappa shape index (κ1) is 20.7. The predicted octanol–water partition coefficient (Wildman–Crippen LogP) is 3.66. The quantitative estimate of drug-likeness (QED) is 0.266. The molecule has 26 heavy (non-hydrogen) atoms. The molecule has 3 rings (SSSR count). The van der Waals surface area contributed by atoms with Crippen molar-refractivity contribution in [2.75, 3.05) is 20.2 Å². The summed E-state index contributed by atoms with van der Waals surface area (Å²) in [6.07, 6.45) is 3.43. The monoisotopic (exact) mass is 473 g/mol. The largest absolute Gasteiger partial charge is 0.467 e. The molecule has 1 aromatic carbocycles. The van der Waals surface area contributed by atoms with Crippen LogP contribution in [-0.2, 0) is 11.3 Å². The van der Waals surface area contributed by atoms with E-state index in [0.29, 0.717) is 13.2 Å². The molecule has 0 radical (unpaired) electrons. The summed E-state index contributed by atoms with van der Waals surface area (Å²) in [6.45, 7) is 1.90. The molecule has 2 N–H and O–H groups in total. The molecule has 7 heteroatoms. The van der Waals surface area contributed by atoms with Crippen LogP contribution in [-0.4, -0.2) is 32.2 Å². The van der Waals surface area contributed by atoms with Gasteiger partial charge in [-0.25, -0.2) is 4.39 Å². The number of guanidine groups is 1. The zero-order valence-electron chi connectivity index (χ0n) is 14.8. The van der Waals surface area contributed by atoms with Crippen LogP contribution in [0.5, 0.6) is 0 Å². The summed E-state index contributed by atoms with van der Waals surface area (Å²) in [5.74, 6) is 1.66. The van der Waals surface area contributed by atoms with Crippen molar-refractivity contribution in [3.8, 4) is 0 Å². The van der Waals surface area contributed by atoms with Crippen molar-refractivity contribution in [3.05, 3.63) is 59.8 Å². The van der Waals surface area contributed by atoms with Crippen molar-refractivity contribution < 1.29 is 13.5 Å². The average molecular weight is 473 g/mol. The third-order valence-corrected chi connectivity index (χ3v) is 4.22. The van der Waals surface area contributed by atoms with Gasteiger partial charge in [0.05, 0.1) is 6.26 Å². The molecule has 0 amide bonds. The Labute approximate surface area is 170 Å². The summed E-state index contributed by atoms with van der Waals surface area (Å²) >= 11 is 0. The highest BCUT2D eigenvalue weighted by Crippen LogP contribution is 2.41. The fourth-order valence-electron chi connectivity index (χ4n) is 2.79. The smallest absolute Gasteiger partial charge is 0.191 e. The SMILES string of the molecule is CN=C(NCCCOCc1ccco1)NC1CC1c1ccccc1F.I. The summed E-state index contributed by atoms with van der Waals surface area (Å²) in [5.41, 5.74) is 0.779. The van der Waals surface area contributed by atoms with Gasteiger partial charge in [-0.05, 0) is 36.6 Å². The van der Waals surface area contributed by atoms with Crippen molar-refractivity contribution in [3.63, 3.8) is 0 Å². The first-order chi connectivity index (χ1) is 12.3. The molecule has 2 aromatic rings. The molecule has 0 aliphatic heterocycles. The number of hydrogen-bond donors (Lipinski definition) is 2. The summed E-state index contributed by atoms with van der Waals surface area (Å²) in [5, 5.41) is 6.61. The summed E-state index contributed by atoms with van der Waals surface area (Å²) in [4.78, 5) is 4.22. The Kier molecular flexibility index (Phi) is 8.37. The number of aliphatic imine (C=N–C) groups is 1. The fraction of sp³-hybridized carbons (Fsp3) is 0.421. The Hall–Kier alpha value is -1.61. The molecule has 1 aliphatic carbocycles. The van der Waals surface area contributed by atoms with Gasteiger partial charge in [0, 0.05) is 32.2 Å². The molecule has 1 heterocycles. The van der Waals surface area contributed by atoms with E-state index >= 15 is 0 Å². The lowest BCUT2D eigenvalue weighted by Gasteiger charge is -2.12. The zero-order valence-corrected chi connectivity index (χ0v) is 17.1. The summed E-state index contributed by atoms with van der Waals surface area (Å²) in [7, 11) is 1.74. The van der Waals surface area contributed by atoms with Gasteiger partial charge in [0.15, 0.2) is 5.96 Å². The lowest BCUT2D eigenvalue weighted by atomic mass is 10.1. The topological polar surface area (TPSA) is 58.8 Å². The Morgan fingerprint density at radius 1 is 1.31 bits per heavy atom. The van der Waals surface area contributed by atoms with E-state index in [4.69, 9.17) is 9.15 Å². The molecule has 1 aliphatic rings. The average Bonchev–Trinajstić information content (AvgIpc) is 3.18. The number of hydrogen-bond acceptors (Lipinski definition) is 3. The van der Waals surface area contributed by atoms with Gasteiger partial charge in [0.1, 0.15) is 18.2 Å². The summed E-state index contributed by atoms with van der Waals surface area (Å²) in [6, 6.07) is 10.9. The van der Waals surface area contributed by atoms with Crippen molar-refractivity contribution in [1.82, 2.24) is 10.6 Å². The molecule has 0 bridgehead atoms. The first-order valence-corrected chi connectivity index (χ1v) is 8.59. The van der Waals surface area contributed by atoms with Crippen LogP contribution >= 0.6 is 24.0 Å². The highest BCUT2D eigenvalue weighted by molar-refractivity contribution is 14.0. The van der Waals surface area contributed by atoms with Crippen LogP contribution in [0, 0.1) is 5.82 Å².